The van der Waals surface area contributed by atoms with Gasteiger partial charge in [0.05, 0.1) is 24.7 Å². The van der Waals surface area contributed by atoms with Crippen LogP contribution in [0.2, 0.25) is 0 Å². The Bertz CT molecular complexity index is 1280. The quantitative estimate of drug-likeness (QED) is 0.272. The maximum absolute atomic E-state index is 14.2. The van der Waals surface area contributed by atoms with Crippen molar-refractivity contribution in [2.24, 2.45) is 0 Å². The van der Waals surface area contributed by atoms with Gasteiger partial charge in [-0.15, -0.1) is 11.8 Å². The molecule has 210 valence electrons. The first kappa shape index (κ1) is 29.4. The first-order chi connectivity index (χ1) is 19.5. The molecule has 1 amide bonds. The van der Waals surface area contributed by atoms with Crippen molar-refractivity contribution < 1.29 is 23.8 Å². The minimum Gasteiger partial charge on any atom is -0.497 e. The Morgan fingerprint density at radius 2 is 1.75 bits per heavy atom. The van der Waals surface area contributed by atoms with Gasteiger partial charge in [-0.2, -0.15) is 0 Å². The molecule has 40 heavy (non-hydrogen) atoms. The van der Waals surface area contributed by atoms with E-state index in [1.165, 1.54) is 0 Å². The Morgan fingerprint density at radius 3 is 2.48 bits per heavy atom. The Balaban J connectivity index is 1.56. The van der Waals surface area contributed by atoms with Crippen LogP contribution in [0.3, 0.4) is 0 Å². The Labute approximate surface area is 240 Å². The van der Waals surface area contributed by atoms with Gasteiger partial charge in [-0.1, -0.05) is 66.7 Å². The number of esters is 1. The number of carbonyl (C=O) groups is 2. The second kappa shape index (κ2) is 14.7. The SMILES string of the molecule is CCOC(=O)CO[C@@H]1C(=O)N(CCN(C)C/C=C/c2ccccc2)c2ccccc2S[C@@H]1c1ccc(OC)cc1. The van der Waals surface area contributed by atoms with Crippen molar-refractivity contribution in [1.82, 2.24) is 4.90 Å². The smallest absolute Gasteiger partial charge is 0.332 e. The fraction of sp³-hybridized carbons (Fsp3) is 0.312. The van der Waals surface area contributed by atoms with Crippen LogP contribution in [0, 0.1) is 0 Å². The Hall–Kier alpha value is -3.59. The van der Waals surface area contributed by atoms with E-state index in [1.807, 2.05) is 73.8 Å². The second-order valence-electron chi connectivity index (χ2n) is 9.38. The average molecular weight is 561 g/mol. The highest BCUT2D eigenvalue weighted by atomic mass is 32.2. The molecule has 0 spiro atoms. The van der Waals surface area contributed by atoms with Crippen molar-refractivity contribution in [3.63, 3.8) is 0 Å². The molecule has 0 fully saturated rings. The van der Waals surface area contributed by atoms with Crippen LogP contribution < -0.4 is 9.64 Å². The lowest BCUT2D eigenvalue weighted by Crippen LogP contribution is -2.45. The van der Waals surface area contributed by atoms with E-state index in [0.29, 0.717) is 13.1 Å². The van der Waals surface area contributed by atoms with Crippen LogP contribution in [-0.2, 0) is 19.1 Å². The molecule has 1 aliphatic rings. The number of anilines is 1. The van der Waals surface area contributed by atoms with Gasteiger partial charge in [0.15, 0.2) is 6.10 Å². The highest BCUT2D eigenvalue weighted by Gasteiger charge is 2.39. The predicted octanol–water partition coefficient (Wildman–Crippen LogP) is 5.47. The summed E-state index contributed by atoms with van der Waals surface area (Å²) in [6, 6.07) is 25.7. The molecule has 4 rings (SSSR count). The normalized spacial score (nSPS) is 17.1. The summed E-state index contributed by atoms with van der Waals surface area (Å²) in [7, 11) is 3.65. The molecule has 0 saturated carbocycles. The van der Waals surface area contributed by atoms with E-state index in [9.17, 15) is 9.59 Å². The van der Waals surface area contributed by atoms with Crippen molar-refractivity contribution >= 4 is 35.4 Å². The van der Waals surface area contributed by atoms with Crippen LogP contribution >= 0.6 is 11.8 Å². The lowest BCUT2D eigenvalue weighted by molar-refractivity contribution is -0.152. The molecule has 8 heteroatoms. The maximum Gasteiger partial charge on any atom is 0.332 e. The summed E-state index contributed by atoms with van der Waals surface area (Å²) in [5.41, 5.74) is 2.90. The third kappa shape index (κ3) is 7.75. The highest BCUT2D eigenvalue weighted by molar-refractivity contribution is 7.99. The molecule has 7 nitrogen and oxygen atoms in total. The number of amides is 1. The van der Waals surface area contributed by atoms with Gasteiger partial charge in [-0.25, -0.2) is 4.79 Å². The minimum atomic E-state index is -0.890. The van der Waals surface area contributed by atoms with E-state index in [-0.39, 0.29) is 24.4 Å². The van der Waals surface area contributed by atoms with Crippen molar-refractivity contribution in [2.45, 2.75) is 23.2 Å². The molecule has 0 radical (unpaired) electrons. The number of thioether (sulfide) groups is 1. The standard InChI is InChI=1S/C32H36N2O5S/c1-4-38-29(35)23-39-30-31(25-16-18-26(37-3)19-17-25)40-28-15-9-8-14-27(28)34(32(30)36)22-21-33(2)20-10-13-24-11-6-5-7-12-24/h5-19,30-31H,4,20-23H2,1-3H3/b13-10+/t30-,31+/m0/s1. The lowest BCUT2D eigenvalue weighted by atomic mass is 10.1. The molecule has 0 saturated heterocycles. The number of fused-ring (bicyclic) bond motifs is 1. The molecule has 3 aromatic rings. The van der Waals surface area contributed by atoms with E-state index in [2.05, 4.69) is 29.2 Å². The van der Waals surface area contributed by atoms with Gasteiger partial charge < -0.3 is 24.0 Å². The molecule has 1 aliphatic heterocycles. The summed E-state index contributed by atoms with van der Waals surface area (Å²) in [5, 5.41) is -0.370. The van der Waals surface area contributed by atoms with E-state index in [4.69, 9.17) is 14.2 Å². The number of rotatable bonds is 12. The molecular formula is C32H36N2O5S. The first-order valence-corrected chi connectivity index (χ1v) is 14.3. The molecule has 0 unspecified atom stereocenters. The molecular weight excluding hydrogens is 524 g/mol. The maximum atomic E-state index is 14.2. The molecule has 0 aliphatic carbocycles. The van der Waals surface area contributed by atoms with E-state index >= 15 is 0 Å². The Kier molecular flexibility index (Phi) is 10.8. The third-order valence-corrected chi connectivity index (χ3v) is 7.93. The largest absolute Gasteiger partial charge is 0.497 e. The summed E-state index contributed by atoms with van der Waals surface area (Å²) in [5.74, 6) is 0.0480. The van der Waals surface area contributed by atoms with Crippen LogP contribution in [0.15, 0.2) is 89.8 Å². The van der Waals surface area contributed by atoms with Crippen LogP contribution in [0.4, 0.5) is 5.69 Å². The molecule has 0 bridgehead atoms. The molecule has 0 aromatic heterocycles. The number of hydrogen-bond donors (Lipinski definition) is 0. The number of methoxy groups -OCH3 is 1. The van der Waals surface area contributed by atoms with Crippen molar-refractivity contribution in [3.05, 3.63) is 96.1 Å². The van der Waals surface area contributed by atoms with Gasteiger partial charge in [-0.3, -0.25) is 4.79 Å². The van der Waals surface area contributed by atoms with Crippen LogP contribution in [-0.4, -0.2) is 69.9 Å². The molecule has 3 aromatic carbocycles. The first-order valence-electron chi connectivity index (χ1n) is 13.4. The monoisotopic (exact) mass is 560 g/mol. The van der Waals surface area contributed by atoms with Crippen LogP contribution in [0.1, 0.15) is 23.3 Å². The average Bonchev–Trinajstić information content (AvgIpc) is 3.09. The summed E-state index contributed by atoms with van der Waals surface area (Å²) in [6.07, 6.45) is 3.32. The number of nitrogens with zero attached hydrogens (tertiary/aromatic N) is 2. The zero-order chi connectivity index (χ0) is 28.3. The number of ether oxygens (including phenoxy) is 3. The number of hydrogen-bond acceptors (Lipinski definition) is 7. The summed E-state index contributed by atoms with van der Waals surface area (Å²) in [4.78, 5) is 31.3. The van der Waals surface area contributed by atoms with Crippen LogP contribution in [0.25, 0.3) is 6.08 Å². The summed E-state index contributed by atoms with van der Waals surface area (Å²) < 4.78 is 16.5. The molecule has 0 N–H and O–H groups in total. The van der Waals surface area contributed by atoms with Crippen LogP contribution in [0.5, 0.6) is 5.75 Å². The zero-order valence-corrected chi connectivity index (χ0v) is 24.0. The minimum absolute atomic E-state index is 0.184. The summed E-state index contributed by atoms with van der Waals surface area (Å²) in [6.45, 7) is 3.56. The zero-order valence-electron chi connectivity index (χ0n) is 23.2. The Morgan fingerprint density at radius 1 is 1.02 bits per heavy atom. The highest BCUT2D eigenvalue weighted by Crippen LogP contribution is 2.46. The van der Waals surface area contributed by atoms with E-state index in [0.717, 1.165) is 34.0 Å². The molecule has 1 heterocycles. The third-order valence-electron chi connectivity index (χ3n) is 6.56. The van der Waals surface area contributed by atoms with Gasteiger partial charge >= 0.3 is 5.97 Å². The van der Waals surface area contributed by atoms with Gasteiger partial charge in [0, 0.05) is 24.5 Å². The number of carbonyl (C=O) groups excluding carboxylic acids is 2. The number of para-hydroxylation sites is 1. The lowest BCUT2D eigenvalue weighted by Gasteiger charge is -2.29. The topological polar surface area (TPSA) is 68.3 Å². The summed E-state index contributed by atoms with van der Waals surface area (Å²) >= 11 is 1.57. The molecule has 2 atom stereocenters. The van der Waals surface area contributed by atoms with Gasteiger partial charge in [0.1, 0.15) is 12.4 Å². The second-order valence-corrected chi connectivity index (χ2v) is 10.6. The van der Waals surface area contributed by atoms with Gasteiger partial charge in [0.25, 0.3) is 5.91 Å². The van der Waals surface area contributed by atoms with Gasteiger partial charge in [0.2, 0.25) is 0 Å². The van der Waals surface area contributed by atoms with Crippen molar-refractivity contribution in [3.8, 4) is 5.75 Å². The fourth-order valence-corrected chi connectivity index (χ4v) is 5.80. The predicted molar refractivity (Wildman–Crippen MR) is 160 cm³/mol. The number of benzene rings is 3. The van der Waals surface area contributed by atoms with E-state index < -0.39 is 12.1 Å². The number of likely N-dealkylation sites (N-methyl/N-ethyl adjacent to an activating group) is 1. The van der Waals surface area contributed by atoms with Crippen molar-refractivity contribution in [2.75, 3.05) is 51.9 Å². The van der Waals surface area contributed by atoms with E-state index in [1.54, 1.807) is 30.7 Å². The van der Waals surface area contributed by atoms with Gasteiger partial charge in [-0.05, 0) is 49.4 Å². The van der Waals surface area contributed by atoms with Crippen molar-refractivity contribution in [1.29, 1.82) is 0 Å². The fourth-order valence-electron chi connectivity index (χ4n) is 4.46.